The summed E-state index contributed by atoms with van der Waals surface area (Å²) in [5.74, 6) is -1.51. The largest absolute Gasteiger partial charge is 0.467 e. The first-order chi connectivity index (χ1) is 10.6. The van der Waals surface area contributed by atoms with Crippen molar-refractivity contribution in [3.05, 3.63) is 71.8 Å². The number of ether oxygens (including phenoxy) is 1. The number of carbonyl (C=O) groups excluding carboxylic acids is 2. The minimum atomic E-state index is -1.37. The van der Waals surface area contributed by atoms with Gasteiger partial charge in [-0.1, -0.05) is 60.7 Å². The third-order valence-corrected chi connectivity index (χ3v) is 3.55. The van der Waals surface area contributed by atoms with Gasteiger partial charge in [-0.25, -0.2) is 4.79 Å². The van der Waals surface area contributed by atoms with Crippen LogP contribution in [-0.4, -0.2) is 30.1 Å². The van der Waals surface area contributed by atoms with E-state index in [-0.39, 0.29) is 12.2 Å². The van der Waals surface area contributed by atoms with E-state index in [1.54, 1.807) is 48.5 Å². The maximum atomic E-state index is 12.4. The third kappa shape index (κ3) is 3.80. The van der Waals surface area contributed by atoms with Gasteiger partial charge >= 0.3 is 5.97 Å². The van der Waals surface area contributed by atoms with Crippen LogP contribution in [0.4, 0.5) is 0 Å². The Kier molecular flexibility index (Phi) is 5.44. The lowest BCUT2D eigenvalue weighted by molar-refractivity contribution is -0.151. The van der Waals surface area contributed by atoms with Gasteiger partial charge in [-0.2, -0.15) is 0 Å². The monoisotopic (exact) mass is 298 g/mol. The van der Waals surface area contributed by atoms with Crippen molar-refractivity contribution in [2.45, 2.75) is 18.4 Å². The predicted octanol–water partition coefficient (Wildman–Crippen LogP) is 2.58. The lowest BCUT2D eigenvalue weighted by Crippen LogP contribution is -2.30. The smallest absolute Gasteiger partial charge is 0.335 e. The van der Waals surface area contributed by atoms with E-state index < -0.39 is 18.0 Å². The third-order valence-electron chi connectivity index (χ3n) is 3.55. The molecule has 4 heteroatoms. The first-order valence-corrected chi connectivity index (χ1v) is 7.02. The molecule has 0 heterocycles. The van der Waals surface area contributed by atoms with Crippen LogP contribution in [0.2, 0.25) is 0 Å². The molecule has 0 aliphatic carbocycles. The van der Waals surface area contributed by atoms with Crippen molar-refractivity contribution in [1.29, 1.82) is 0 Å². The molecular formula is C18H18O4. The zero-order valence-electron chi connectivity index (χ0n) is 12.3. The van der Waals surface area contributed by atoms with Crippen molar-refractivity contribution < 1.29 is 19.4 Å². The molecule has 0 radical (unpaired) electrons. The highest BCUT2D eigenvalue weighted by Crippen LogP contribution is 2.26. The molecule has 0 bridgehead atoms. The van der Waals surface area contributed by atoms with Crippen molar-refractivity contribution in [2.24, 2.45) is 0 Å². The molecular weight excluding hydrogens is 280 g/mol. The molecule has 22 heavy (non-hydrogen) atoms. The Balaban J connectivity index is 2.25. The minimum Gasteiger partial charge on any atom is -0.467 e. The number of hydrogen-bond donors (Lipinski definition) is 1. The Morgan fingerprint density at radius 3 is 2.09 bits per heavy atom. The Labute approximate surface area is 129 Å². The summed E-state index contributed by atoms with van der Waals surface area (Å²) in [6.07, 6.45) is -1.34. The van der Waals surface area contributed by atoms with Crippen LogP contribution in [0.15, 0.2) is 60.7 Å². The van der Waals surface area contributed by atoms with Crippen LogP contribution < -0.4 is 0 Å². The van der Waals surface area contributed by atoms with E-state index in [0.717, 1.165) is 5.56 Å². The Bertz CT molecular complexity index is 622. The second-order valence-electron chi connectivity index (χ2n) is 4.98. The molecule has 0 saturated carbocycles. The molecule has 1 N–H and O–H groups in total. The molecule has 114 valence electrons. The average Bonchev–Trinajstić information content (AvgIpc) is 2.59. The number of esters is 1. The van der Waals surface area contributed by atoms with Crippen LogP contribution in [0.25, 0.3) is 0 Å². The average molecular weight is 298 g/mol. The summed E-state index contributed by atoms with van der Waals surface area (Å²) in [6, 6.07) is 17.8. The highest BCUT2D eigenvalue weighted by atomic mass is 16.5. The fourth-order valence-corrected chi connectivity index (χ4v) is 2.34. The van der Waals surface area contributed by atoms with Crippen molar-refractivity contribution in [1.82, 2.24) is 0 Å². The fourth-order valence-electron chi connectivity index (χ4n) is 2.34. The zero-order valence-corrected chi connectivity index (χ0v) is 12.3. The van der Waals surface area contributed by atoms with E-state index >= 15 is 0 Å². The predicted molar refractivity (Wildman–Crippen MR) is 82.6 cm³/mol. The normalized spacial score (nSPS) is 13.2. The van der Waals surface area contributed by atoms with Gasteiger partial charge in [-0.05, 0) is 5.56 Å². The molecule has 0 aliphatic heterocycles. The number of rotatable bonds is 6. The van der Waals surface area contributed by atoms with Gasteiger partial charge in [0, 0.05) is 17.9 Å². The lowest BCUT2D eigenvalue weighted by atomic mass is 9.87. The summed E-state index contributed by atoms with van der Waals surface area (Å²) in [6.45, 7) is 0. The van der Waals surface area contributed by atoms with E-state index in [0.29, 0.717) is 5.56 Å². The number of Topliss-reactive ketones (excluding diaryl/α,β-unsaturated/α-hetero) is 1. The molecule has 0 amide bonds. The number of benzene rings is 2. The summed E-state index contributed by atoms with van der Waals surface area (Å²) >= 11 is 0. The second-order valence-corrected chi connectivity index (χ2v) is 4.98. The number of carbonyl (C=O) groups is 2. The van der Waals surface area contributed by atoms with Gasteiger partial charge in [0.2, 0.25) is 0 Å². The number of aliphatic hydroxyl groups is 1. The maximum absolute atomic E-state index is 12.4. The van der Waals surface area contributed by atoms with Gasteiger partial charge in [0.05, 0.1) is 7.11 Å². The topological polar surface area (TPSA) is 63.6 Å². The summed E-state index contributed by atoms with van der Waals surface area (Å²) in [5.41, 5.74) is 1.28. The highest BCUT2D eigenvalue weighted by Gasteiger charge is 2.30. The van der Waals surface area contributed by atoms with Crippen LogP contribution in [0.3, 0.4) is 0 Å². The Hall–Kier alpha value is -2.46. The molecule has 0 fully saturated rings. The molecule has 2 atom stereocenters. The first kappa shape index (κ1) is 15.9. The van der Waals surface area contributed by atoms with Crippen LogP contribution in [0, 0.1) is 0 Å². The van der Waals surface area contributed by atoms with Gasteiger partial charge in [-0.15, -0.1) is 0 Å². The van der Waals surface area contributed by atoms with Crippen molar-refractivity contribution in [3.8, 4) is 0 Å². The van der Waals surface area contributed by atoms with Gasteiger partial charge in [0.25, 0.3) is 0 Å². The van der Waals surface area contributed by atoms with E-state index in [1.807, 2.05) is 12.1 Å². The standard InChI is InChI=1S/C18H18O4/c1-22-18(21)17(20)15(13-8-4-2-5-9-13)12-16(19)14-10-6-3-7-11-14/h2-11,15,17,20H,12H2,1H3/t15-,17+/m0/s1. The Morgan fingerprint density at radius 1 is 1.00 bits per heavy atom. The van der Waals surface area contributed by atoms with E-state index in [1.165, 1.54) is 7.11 Å². The molecule has 2 aromatic carbocycles. The first-order valence-electron chi connectivity index (χ1n) is 7.02. The number of aliphatic hydroxyl groups excluding tert-OH is 1. The molecule has 0 spiro atoms. The van der Waals surface area contributed by atoms with Crippen molar-refractivity contribution >= 4 is 11.8 Å². The molecule has 4 nitrogen and oxygen atoms in total. The minimum absolute atomic E-state index is 0.0320. The molecule has 2 rings (SSSR count). The van der Waals surface area contributed by atoms with Crippen LogP contribution in [0.1, 0.15) is 28.3 Å². The highest BCUT2D eigenvalue weighted by molar-refractivity contribution is 5.97. The summed E-state index contributed by atoms with van der Waals surface area (Å²) in [5, 5.41) is 10.2. The summed E-state index contributed by atoms with van der Waals surface area (Å²) in [4.78, 5) is 24.0. The van der Waals surface area contributed by atoms with Crippen molar-refractivity contribution in [2.75, 3.05) is 7.11 Å². The van der Waals surface area contributed by atoms with Crippen LogP contribution >= 0.6 is 0 Å². The molecule has 0 aliphatic rings. The van der Waals surface area contributed by atoms with Gasteiger partial charge in [0.15, 0.2) is 11.9 Å². The fraction of sp³-hybridized carbons (Fsp3) is 0.222. The van der Waals surface area contributed by atoms with Crippen LogP contribution in [-0.2, 0) is 9.53 Å². The van der Waals surface area contributed by atoms with Gasteiger partial charge in [-0.3, -0.25) is 4.79 Å². The molecule has 0 aromatic heterocycles. The molecule has 0 unspecified atom stereocenters. The van der Waals surface area contributed by atoms with E-state index in [2.05, 4.69) is 4.74 Å². The molecule has 0 saturated heterocycles. The maximum Gasteiger partial charge on any atom is 0.335 e. The number of ketones is 1. The quantitative estimate of drug-likeness (QED) is 0.657. The Morgan fingerprint density at radius 2 is 1.55 bits per heavy atom. The summed E-state index contributed by atoms with van der Waals surface area (Å²) < 4.78 is 4.60. The van der Waals surface area contributed by atoms with Gasteiger partial charge in [0.1, 0.15) is 0 Å². The summed E-state index contributed by atoms with van der Waals surface area (Å²) in [7, 11) is 1.21. The van der Waals surface area contributed by atoms with Gasteiger partial charge < -0.3 is 9.84 Å². The van der Waals surface area contributed by atoms with Crippen LogP contribution in [0.5, 0.6) is 0 Å². The zero-order chi connectivity index (χ0) is 15.9. The SMILES string of the molecule is COC(=O)[C@H](O)[C@@H](CC(=O)c1ccccc1)c1ccccc1. The van der Waals surface area contributed by atoms with Crippen molar-refractivity contribution in [3.63, 3.8) is 0 Å². The second kappa shape index (κ2) is 7.52. The number of methoxy groups -OCH3 is 1. The molecule has 2 aromatic rings. The lowest BCUT2D eigenvalue weighted by Gasteiger charge is -2.21. The number of hydrogen-bond acceptors (Lipinski definition) is 4. The van der Waals surface area contributed by atoms with E-state index in [4.69, 9.17) is 0 Å². The van der Waals surface area contributed by atoms with E-state index in [9.17, 15) is 14.7 Å².